The van der Waals surface area contributed by atoms with E-state index in [1.165, 1.54) is 4.88 Å². The average molecular weight is 319 g/mol. The zero-order valence-electron chi connectivity index (χ0n) is 11.8. The van der Waals surface area contributed by atoms with Crippen molar-refractivity contribution < 1.29 is 9.53 Å². The largest absolute Gasteiger partial charge is 0.384 e. The van der Waals surface area contributed by atoms with E-state index in [4.69, 9.17) is 4.74 Å². The number of nitrogens with one attached hydrogen (secondary N) is 2. The standard InChI is InChI=1S/C14H22N2O2S.ClH/c1-18-11-14(5-8-15-9-6-14)13(17)16-7-4-12-3-2-10-19-12;/h2-3,10,15H,4-9,11H2,1H3,(H,16,17);1H. The number of ether oxygens (including phenoxy) is 1. The highest BCUT2D eigenvalue weighted by molar-refractivity contribution is 7.09. The van der Waals surface area contributed by atoms with Gasteiger partial charge >= 0.3 is 0 Å². The molecule has 114 valence electrons. The lowest BCUT2D eigenvalue weighted by Crippen LogP contribution is -2.50. The maximum absolute atomic E-state index is 12.4. The Labute approximate surface area is 130 Å². The molecular weight excluding hydrogens is 296 g/mol. The Kier molecular flexibility index (Phi) is 7.51. The quantitative estimate of drug-likeness (QED) is 0.841. The lowest BCUT2D eigenvalue weighted by atomic mass is 9.78. The van der Waals surface area contributed by atoms with Crippen molar-refractivity contribution in [1.29, 1.82) is 0 Å². The van der Waals surface area contributed by atoms with E-state index in [0.717, 1.165) is 32.4 Å². The van der Waals surface area contributed by atoms with Crippen LogP contribution in [0.1, 0.15) is 17.7 Å². The van der Waals surface area contributed by atoms with Crippen LogP contribution in [0, 0.1) is 5.41 Å². The second-order valence-corrected chi connectivity index (χ2v) is 6.08. The molecule has 1 amide bonds. The van der Waals surface area contributed by atoms with Crippen LogP contribution in [-0.4, -0.2) is 39.3 Å². The van der Waals surface area contributed by atoms with Gasteiger partial charge in [0.15, 0.2) is 0 Å². The van der Waals surface area contributed by atoms with Crippen LogP contribution in [0.5, 0.6) is 0 Å². The van der Waals surface area contributed by atoms with Crippen LogP contribution in [-0.2, 0) is 16.0 Å². The number of amides is 1. The van der Waals surface area contributed by atoms with Crippen molar-refractivity contribution in [3.8, 4) is 0 Å². The van der Waals surface area contributed by atoms with Crippen LogP contribution < -0.4 is 10.6 Å². The summed E-state index contributed by atoms with van der Waals surface area (Å²) in [6.07, 6.45) is 2.61. The van der Waals surface area contributed by atoms with Crippen LogP contribution >= 0.6 is 23.7 Å². The highest BCUT2D eigenvalue weighted by atomic mass is 35.5. The molecule has 1 aromatic rings. The highest BCUT2D eigenvalue weighted by Crippen LogP contribution is 2.29. The number of carbonyl (C=O) groups is 1. The maximum atomic E-state index is 12.4. The summed E-state index contributed by atoms with van der Waals surface area (Å²) < 4.78 is 5.27. The summed E-state index contributed by atoms with van der Waals surface area (Å²) in [7, 11) is 1.67. The second kappa shape index (κ2) is 8.62. The van der Waals surface area contributed by atoms with Gasteiger partial charge in [-0.05, 0) is 43.8 Å². The Morgan fingerprint density at radius 1 is 1.50 bits per heavy atom. The van der Waals surface area contributed by atoms with Gasteiger partial charge in [0.25, 0.3) is 0 Å². The van der Waals surface area contributed by atoms with Gasteiger partial charge in [-0.15, -0.1) is 23.7 Å². The predicted molar refractivity (Wildman–Crippen MR) is 84.7 cm³/mol. The summed E-state index contributed by atoms with van der Waals surface area (Å²) in [6, 6.07) is 4.15. The molecule has 0 radical (unpaired) electrons. The molecule has 1 saturated heterocycles. The molecule has 2 N–H and O–H groups in total. The normalized spacial score (nSPS) is 17.2. The SMILES string of the molecule is COCC1(C(=O)NCCc2cccs2)CCNCC1.Cl. The molecule has 1 aliphatic rings. The molecule has 4 nitrogen and oxygen atoms in total. The van der Waals surface area contributed by atoms with E-state index in [9.17, 15) is 4.79 Å². The van der Waals surface area contributed by atoms with E-state index in [-0.39, 0.29) is 23.7 Å². The minimum atomic E-state index is -0.338. The van der Waals surface area contributed by atoms with Crippen molar-refractivity contribution in [3.05, 3.63) is 22.4 Å². The molecule has 6 heteroatoms. The summed E-state index contributed by atoms with van der Waals surface area (Å²) in [5, 5.41) is 8.44. The Bertz CT molecular complexity index is 386. The van der Waals surface area contributed by atoms with Crippen molar-refractivity contribution in [1.82, 2.24) is 10.6 Å². The van der Waals surface area contributed by atoms with Crippen LogP contribution in [0.15, 0.2) is 17.5 Å². The van der Waals surface area contributed by atoms with Crippen molar-refractivity contribution in [2.24, 2.45) is 5.41 Å². The van der Waals surface area contributed by atoms with Gasteiger partial charge in [0, 0.05) is 18.5 Å². The molecule has 2 rings (SSSR count). The highest BCUT2D eigenvalue weighted by Gasteiger charge is 2.39. The molecule has 0 aliphatic carbocycles. The number of carbonyl (C=O) groups excluding carboxylic acids is 1. The van der Waals surface area contributed by atoms with Gasteiger partial charge in [-0.25, -0.2) is 0 Å². The molecule has 0 aromatic carbocycles. The monoisotopic (exact) mass is 318 g/mol. The van der Waals surface area contributed by atoms with Crippen LogP contribution in [0.3, 0.4) is 0 Å². The summed E-state index contributed by atoms with van der Waals surface area (Å²) >= 11 is 1.73. The number of halogens is 1. The van der Waals surface area contributed by atoms with E-state index in [1.807, 2.05) is 6.07 Å². The molecule has 0 atom stereocenters. The minimum absolute atomic E-state index is 0. The molecule has 0 saturated carbocycles. The van der Waals surface area contributed by atoms with Gasteiger partial charge in [0.2, 0.25) is 5.91 Å². The van der Waals surface area contributed by atoms with Crippen LogP contribution in [0.25, 0.3) is 0 Å². The number of methoxy groups -OCH3 is 1. The summed E-state index contributed by atoms with van der Waals surface area (Å²) in [5.41, 5.74) is -0.338. The first kappa shape index (κ1) is 17.4. The molecule has 0 unspecified atom stereocenters. The fourth-order valence-electron chi connectivity index (χ4n) is 2.56. The summed E-state index contributed by atoms with van der Waals surface area (Å²) in [4.78, 5) is 13.7. The second-order valence-electron chi connectivity index (χ2n) is 5.05. The van der Waals surface area contributed by atoms with Crippen LogP contribution in [0.4, 0.5) is 0 Å². The molecular formula is C14H23ClN2O2S. The van der Waals surface area contributed by atoms with Gasteiger partial charge in [0.05, 0.1) is 12.0 Å². The van der Waals surface area contributed by atoms with Crippen LogP contribution in [0.2, 0.25) is 0 Å². The molecule has 1 aromatic heterocycles. The van der Waals surface area contributed by atoms with E-state index >= 15 is 0 Å². The van der Waals surface area contributed by atoms with E-state index < -0.39 is 0 Å². The van der Waals surface area contributed by atoms with E-state index in [2.05, 4.69) is 22.1 Å². The Morgan fingerprint density at radius 3 is 2.85 bits per heavy atom. The van der Waals surface area contributed by atoms with Gasteiger partial charge in [0.1, 0.15) is 0 Å². The number of rotatable bonds is 6. The van der Waals surface area contributed by atoms with Gasteiger partial charge < -0.3 is 15.4 Å². The maximum Gasteiger partial charge on any atom is 0.228 e. The smallest absolute Gasteiger partial charge is 0.228 e. The molecule has 0 spiro atoms. The number of thiophene rings is 1. The average Bonchev–Trinajstić information content (AvgIpc) is 2.93. The Hall–Kier alpha value is -0.620. The molecule has 1 fully saturated rings. The number of piperidine rings is 1. The zero-order valence-corrected chi connectivity index (χ0v) is 13.4. The first-order chi connectivity index (χ1) is 9.27. The molecule has 2 heterocycles. The lowest BCUT2D eigenvalue weighted by Gasteiger charge is -2.35. The van der Waals surface area contributed by atoms with Gasteiger partial charge in [-0.3, -0.25) is 4.79 Å². The first-order valence-electron chi connectivity index (χ1n) is 6.77. The number of hydrogen-bond acceptors (Lipinski definition) is 4. The number of hydrogen-bond donors (Lipinski definition) is 2. The van der Waals surface area contributed by atoms with Crippen molar-refractivity contribution in [2.75, 3.05) is 33.4 Å². The fourth-order valence-corrected chi connectivity index (χ4v) is 3.27. The van der Waals surface area contributed by atoms with E-state index in [0.29, 0.717) is 13.2 Å². The van der Waals surface area contributed by atoms with Crippen molar-refractivity contribution in [2.45, 2.75) is 19.3 Å². The van der Waals surface area contributed by atoms with Gasteiger partial charge in [-0.1, -0.05) is 6.07 Å². The third kappa shape index (κ3) is 4.45. The van der Waals surface area contributed by atoms with Crippen molar-refractivity contribution >= 4 is 29.7 Å². The van der Waals surface area contributed by atoms with E-state index in [1.54, 1.807) is 18.4 Å². The van der Waals surface area contributed by atoms with Crippen molar-refractivity contribution in [3.63, 3.8) is 0 Å². The van der Waals surface area contributed by atoms with Gasteiger partial charge in [-0.2, -0.15) is 0 Å². The zero-order chi connectivity index (χ0) is 13.6. The Morgan fingerprint density at radius 2 is 2.25 bits per heavy atom. The lowest BCUT2D eigenvalue weighted by molar-refractivity contribution is -0.136. The third-order valence-corrected chi connectivity index (χ3v) is 4.64. The molecule has 0 bridgehead atoms. The summed E-state index contributed by atoms with van der Waals surface area (Å²) in [6.45, 7) is 3.00. The minimum Gasteiger partial charge on any atom is -0.384 e. The third-order valence-electron chi connectivity index (χ3n) is 3.70. The first-order valence-corrected chi connectivity index (χ1v) is 7.65. The molecule has 20 heavy (non-hydrogen) atoms. The summed E-state index contributed by atoms with van der Waals surface area (Å²) in [5.74, 6) is 0.146. The topological polar surface area (TPSA) is 50.4 Å². The predicted octanol–water partition coefficient (Wildman–Crippen LogP) is 1.84. The Balaban J connectivity index is 0.00000200. The fraction of sp³-hybridized carbons (Fsp3) is 0.643. The molecule has 1 aliphatic heterocycles.